The third-order valence-electron chi connectivity index (χ3n) is 4.40. The Bertz CT molecular complexity index is 797. The van der Waals surface area contributed by atoms with Gasteiger partial charge in [0.1, 0.15) is 6.04 Å². The summed E-state index contributed by atoms with van der Waals surface area (Å²) in [7, 11) is 3.47. The largest absolute Gasteiger partial charge is 0.440 e. The molecule has 1 saturated heterocycles. The highest BCUT2D eigenvalue weighted by atomic mass is 16.6. The number of urea groups is 1. The van der Waals surface area contributed by atoms with E-state index in [0.29, 0.717) is 11.3 Å². The van der Waals surface area contributed by atoms with Crippen molar-refractivity contribution in [2.75, 3.05) is 25.5 Å². The Morgan fingerprint density at radius 2 is 1.61 bits per heavy atom. The molecule has 0 radical (unpaired) electrons. The molecule has 1 aliphatic rings. The molecule has 0 bridgehead atoms. The van der Waals surface area contributed by atoms with Gasteiger partial charge in [-0.3, -0.25) is 19.4 Å². The van der Waals surface area contributed by atoms with Crippen LogP contribution >= 0.6 is 0 Å². The molecule has 2 atom stereocenters. The maximum Gasteiger partial charge on any atom is 0.335 e. The van der Waals surface area contributed by atoms with Crippen molar-refractivity contribution in [2.45, 2.75) is 19.2 Å². The lowest BCUT2D eigenvalue weighted by Gasteiger charge is -2.23. The Morgan fingerprint density at radius 1 is 1.04 bits per heavy atom. The Kier molecular flexibility index (Phi) is 5.75. The summed E-state index contributed by atoms with van der Waals surface area (Å²) >= 11 is 0. The number of amides is 3. The van der Waals surface area contributed by atoms with Gasteiger partial charge >= 0.3 is 12.0 Å². The minimum atomic E-state index is -1.01. The van der Waals surface area contributed by atoms with Crippen LogP contribution < -0.4 is 4.90 Å². The van der Waals surface area contributed by atoms with Gasteiger partial charge in [-0.15, -0.1) is 0 Å². The topological polar surface area (TPSA) is 70.2 Å². The van der Waals surface area contributed by atoms with Gasteiger partial charge in [0, 0.05) is 5.69 Å². The lowest BCUT2D eigenvalue weighted by Crippen LogP contribution is -2.43. The summed E-state index contributed by atoms with van der Waals surface area (Å²) in [6.45, 7) is 1.59. The third-order valence-corrected chi connectivity index (χ3v) is 4.40. The van der Waals surface area contributed by atoms with Crippen LogP contribution in [0.2, 0.25) is 0 Å². The van der Waals surface area contributed by atoms with E-state index in [4.69, 9.17) is 4.74 Å². The highest BCUT2D eigenvalue weighted by Crippen LogP contribution is 2.36. The van der Waals surface area contributed by atoms with Crippen molar-refractivity contribution in [1.29, 1.82) is 0 Å². The number of imide groups is 1. The molecular weight excluding hydrogens is 358 g/mol. The first kappa shape index (κ1) is 19.6. The zero-order valence-corrected chi connectivity index (χ0v) is 16.1. The first-order chi connectivity index (χ1) is 13.4. The molecule has 1 aliphatic heterocycles. The van der Waals surface area contributed by atoms with Crippen molar-refractivity contribution < 1.29 is 19.1 Å². The smallest absolute Gasteiger partial charge is 0.335 e. The summed E-state index contributed by atoms with van der Waals surface area (Å²) in [5.74, 6) is -0.933. The van der Waals surface area contributed by atoms with Crippen LogP contribution in [0.1, 0.15) is 18.5 Å². The Labute approximate surface area is 164 Å². The molecule has 2 unspecified atom stereocenters. The number of benzene rings is 2. The summed E-state index contributed by atoms with van der Waals surface area (Å²) in [5.41, 5.74) is 1.29. The van der Waals surface area contributed by atoms with Crippen molar-refractivity contribution in [3.63, 3.8) is 0 Å². The number of esters is 1. The number of ether oxygens (including phenoxy) is 1. The van der Waals surface area contributed by atoms with Crippen LogP contribution in [0.15, 0.2) is 60.7 Å². The maximum atomic E-state index is 13.2. The first-order valence-corrected chi connectivity index (χ1v) is 9.00. The third kappa shape index (κ3) is 3.89. The van der Waals surface area contributed by atoms with E-state index < -0.39 is 30.2 Å². The van der Waals surface area contributed by atoms with Crippen molar-refractivity contribution in [3.8, 4) is 0 Å². The molecular formula is C21H23N3O4. The van der Waals surface area contributed by atoms with Crippen LogP contribution in [0.5, 0.6) is 0 Å². The Balaban J connectivity index is 1.94. The zero-order chi connectivity index (χ0) is 20.3. The van der Waals surface area contributed by atoms with Crippen LogP contribution in [-0.4, -0.2) is 54.6 Å². The number of rotatable bonds is 6. The lowest BCUT2D eigenvalue weighted by molar-refractivity contribution is -0.158. The quantitative estimate of drug-likeness (QED) is 0.568. The zero-order valence-electron chi connectivity index (χ0n) is 16.1. The first-order valence-electron chi connectivity index (χ1n) is 9.00. The van der Waals surface area contributed by atoms with Crippen molar-refractivity contribution in [1.82, 2.24) is 9.80 Å². The van der Waals surface area contributed by atoms with Gasteiger partial charge in [-0.05, 0) is 38.7 Å². The van der Waals surface area contributed by atoms with Gasteiger partial charge in [-0.2, -0.15) is 0 Å². The molecule has 3 rings (SSSR count). The van der Waals surface area contributed by atoms with Crippen LogP contribution in [0.25, 0.3) is 0 Å². The molecule has 28 heavy (non-hydrogen) atoms. The average Bonchev–Trinajstić information content (AvgIpc) is 2.92. The average molecular weight is 381 g/mol. The van der Waals surface area contributed by atoms with Crippen LogP contribution in [0, 0.1) is 0 Å². The van der Waals surface area contributed by atoms with Crippen LogP contribution in [-0.2, 0) is 14.3 Å². The molecule has 0 aromatic heterocycles. The normalized spacial score (nSPS) is 17.9. The molecule has 3 amide bonds. The molecule has 7 heteroatoms. The summed E-state index contributed by atoms with van der Waals surface area (Å²) in [6, 6.07) is 16.8. The molecule has 1 heterocycles. The van der Waals surface area contributed by atoms with Crippen LogP contribution in [0.4, 0.5) is 10.5 Å². The second-order valence-electron chi connectivity index (χ2n) is 6.84. The predicted molar refractivity (Wildman–Crippen MR) is 104 cm³/mol. The van der Waals surface area contributed by atoms with E-state index in [9.17, 15) is 14.4 Å². The molecule has 1 fully saturated rings. The van der Waals surface area contributed by atoms with Gasteiger partial charge in [0.25, 0.3) is 5.91 Å². The predicted octanol–water partition coefficient (Wildman–Crippen LogP) is 2.65. The number of carbonyl (C=O) groups is 3. The van der Waals surface area contributed by atoms with Crippen molar-refractivity contribution in [3.05, 3.63) is 66.2 Å². The Morgan fingerprint density at radius 3 is 2.18 bits per heavy atom. The van der Waals surface area contributed by atoms with Gasteiger partial charge in [0.2, 0.25) is 0 Å². The standard InChI is InChI=1S/C21H23N3O4/c1-15(28-18(25)14-22(2)3)23-20(26)19(16-10-6-4-7-11-16)24(21(23)27)17-12-8-5-9-13-17/h4-13,15,19H,14H2,1-3H3. The fourth-order valence-electron chi connectivity index (χ4n) is 3.21. The molecule has 2 aromatic carbocycles. The van der Waals surface area contributed by atoms with Crippen LogP contribution in [0.3, 0.4) is 0 Å². The van der Waals surface area contributed by atoms with E-state index in [0.717, 1.165) is 4.90 Å². The van der Waals surface area contributed by atoms with Crippen molar-refractivity contribution in [2.24, 2.45) is 0 Å². The molecule has 146 valence electrons. The van der Waals surface area contributed by atoms with E-state index in [-0.39, 0.29) is 6.54 Å². The van der Waals surface area contributed by atoms with Gasteiger partial charge < -0.3 is 4.74 Å². The Hall–Kier alpha value is -3.19. The van der Waals surface area contributed by atoms with Gasteiger partial charge in [-0.1, -0.05) is 48.5 Å². The molecule has 0 spiro atoms. The summed E-state index contributed by atoms with van der Waals surface area (Å²) < 4.78 is 5.33. The van der Waals surface area contributed by atoms with E-state index in [1.165, 1.54) is 11.8 Å². The van der Waals surface area contributed by atoms with Gasteiger partial charge in [-0.25, -0.2) is 9.69 Å². The van der Waals surface area contributed by atoms with E-state index >= 15 is 0 Å². The second kappa shape index (κ2) is 8.22. The monoisotopic (exact) mass is 381 g/mol. The van der Waals surface area contributed by atoms with Gasteiger partial charge in [0.05, 0.1) is 6.54 Å². The molecule has 2 aromatic rings. The van der Waals surface area contributed by atoms with Gasteiger partial charge in [0.15, 0.2) is 6.23 Å². The highest BCUT2D eigenvalue weighted by molar-refractivity contribution is 6.14. The van der Waals surface area contributed by atoms with E-state index in [1.807, 2.05) is 24.3 Å². The number of hydrogen-bond donors (Lipinski definition) is 0. The minimum absolute atomic E-state index is 0.0606. The minimum Gasteiger partial charge on any atom is -0.440 e. The number of para-hydroxylation sites is 1. The number of likely N-dealkylation sites (N-methyl/N-ethyl adjacent to an activating group) is 1. The maximum absolute atomic E-state index is 13.2. The summed E-state index contributed by atoms with van der Waals surface area (Å²) in [4.78, 5) is 42.5. The lowest BCUT2D eigenvalue weighted by atomic mass is 10.1. The fraction of sp³-hybridized carbons (Fsp3) is 0.286. The van der Waals surface area contributed by atoms with Crippen molar-refractivity contribution >= 4 is 23.6 Å². The van der Waals surface area contributed by atoms with E-state index in [2.05, 4.69) is 0 Å². The SMILES string of the molecule is CC(OC(=O)CN(C)C)N1C(=O)C(c2ccccc2)N(c2ccccc2)C1=O. The fourth-order valence-corrected chi connectivity index (χ4v) is 3.21. The van der Waals surface area contributed by atoms with E-state index in [1.54, 1.807) is 55.4 Å². The molecule has 0 N–H and O–H groups in total. The second-order valence-corrected chi connectivity index (χ2v) is 6.84. The number of hydrogen-bond acceptors (Lipinski definition) is 5. The highest BCUT2D eigenvalue weighted by Gasteiger charge is 2.49. The molecule has 0 saturated carbocycles. The summed E-state index contributed by atoms with van der Waals surface area (Å²) in [5, 5.41) is 0. The number of nitrogens with zero attached hydrogens (tertiary/aromatic N) is 3. The number of carbonyl (C=O) groups excluding carboxylic acids is 3. The molecule has 0 aliphatic carbocycles. The molecule has 7 nitrogen and oxygen atoms in total. The number of anilines is 1. The summed E-state index contributed by atoms with van der Waals surface area (Å²) in [6.07, 6.45) is -1.01.